The number of carbonyl (C=O) groups excluding carboxylic acids is 2. The van der Waals surface area contributed by atoms with Crippen molar-refractivity contribution in [2.45, 2.75) is 39.2 Å². The number of hydrogen-bond acceptors (Lipinski definition) is 5. The average Bonchev–Trinajstić information content (AvgIpc) is 3.47. The Morgan fingerprint density at radius 2 is 1.63 bits per heavy atom. The van der Waals surface area contributed by atoms with Gasteiger partial charge in [-0.05, 0) is 72.0 Å². The van der Waals surface area contributed by atoms with Gasteiger partial charge in [0.1, 0.15) is 11.4 Å². The van der Waals surface area contributed by atoms with Gasteiger partial charge in [0.15, 0.2) is 0 Å². The van der Waals surface area contributed by atoms with Gasteiger partial charge < -0.3 is 9.47 Å². The Bertz CT molecular complexity index is 1460. The first-order valence-electron chi connectivity index (χ1n) is 12.7. The molecular weight excluding hydrogens is 478 g/mol. The largest absolute Gasteiger partial charge is 0.497 e. The highest BCUT2D eigenvalue weighted by atomic mass is 16.5. The summed E-state index contributed by atoms with van der Waals surface area (Å²) in [6, 6.07) is 22.6. The van der Waals surface area contributed by atoms with Crippen molar-refractivity contribution < 1.29 is 19.1 Å². The Morgan fingerprint density at radius 3 is 2.21 bits per heavy atom. The minimum Gasteiger partial charge on any atom is -0.497 e. The average molecular weight is 510 g/mol. The van der Waals surface area contributed by atoms with E-state index in [0.717, 1.165) is 22.4 Å². The van der Waals surface area contributed by atoms with E-state index in [1.165, 1.54) is 5.56 Å². The van der Waals surface area contributed by atoms with Gasteiger partial charge in [-0.2, -0.15) is 5.10 Å². The highest BCUT2D eigenvalue weighted by Gasteiger charge is 2.43. The van der Waals surface area contributed by atoms with Gasteiger partial charge in [-0.15, -0.1) is 0 Å². The Hall–Kier alpha value is -4.39. The Kier molecular flexibility index (Phi) is 6.53. The molecule has 0 saturated heterocycles. The Balaban J connectivity index is 1.62. The number of rotatable bonds is 6. The first-order chi connectivity index (χ1) is 18.2. The Labute approximate surface area is 222 Å². The van der Waals surface area contributed by atoms with Crippen LogP contribution in [0.2, 0.25) is 0 Å². The van der Waals surface area contributed by atoms with Crippen LogP contribution in [0.5, 0.6) is 5.75 Å². The van der Waals surface area contributed by atoms with E-state index in [1.807, 2.05) is 24.3 Å². The van der Waals surface area contributed by atoms with Gasteiger partial charge in [0.25, 0.3) is 5.91 Å². The number of nitrogens with one attached hydrogen (secondary N) is 1. The lowest BCUT2D eigenvalue weighted by Crippen LogP contribution is -2.29. The summed E-state index contributed by atoms with van der Waals surface area (Å²) < 4.78 is 10.4. The second-order valence-corrected chi connectivity index (χ2v) is 10.3. The maximum absolute atomic E-state index is 13.8. The molecule has 0 fully saturated rings. The molecule has 0 saturated carbocycles. The number of aromatic nitrogens is 2. The first-order valence-corrected chi connectivity index (χ1v) is 12.7. The van der Waals surface area contributed by atoms with E-state index in [-0.39, 0.29) is 11.3 Å². The number of fused-ring (bicyclic) bond motifs is 1. The van der Waals surface area contributed by atoms with E-state index in [9.17, 15) is 9.59 Å². The lowest BCUT2D eigenvalue weighted by molar-refractivity contribution is 0.0526. The molecule has 7 heteroatoms. The van der Waals surface area contributed by atoms with Crippen molar-refractivity contribution in [1.29, 1.82) is 0 Å². The predicted octanol–water partition coefficient (Wildman–Crippen LogP) is 6.31. The predicted molar refractivity (Wildman–Crippen MR) is 147 cm³/mol. The number of amides is 1. The molecule has 0 spiro atoms. The van der Waals surface area contributed by atoms with Crippen LogP contribution in [0.15, 0.2) is 72.8 Å². The summed E-state index contributed by atoms with van der Waals surface area (Å²) in [6.07, 6.45) is 0. The summed E-state index contributed by atoms with van der Waals surface area (Å²) in [6.45, 7) is 8.60. The standard InChI is InChI=1S/C31H31N3O4/c1-6-38-30(36)21-9-15-23(16-10-21)34-28(20-7-13-22(14-8-20)31(2,3)4)25-26(32-33-27(25)29(34)35)19-11-17-24(37-5)18-12-19/h7-18,28H,6H2,1-5H3,(H,32,33). The van der Waals surface area contributed by atoms with Gasteiger partial charge in [0.2, 0.25) is 0 Å². The van der Waals surface area contributed by atoms with Gasteiger partial charge in [0.05, 0.1) is 31.0 Å². The minimum absolute atomic E-state index is 0.00168. The molecule has 1 N–H and O–H groups in total. The molecule has 1 aromatic heterocycles. The fourth-order valence-electron chi connectivity index (χ4n) is 4.84. The summed E-state index contributed by atoms with van der Waals surface area (Å²) in [7, 11) is 1.63. The van der Waals surface area contributed by atoms with Crippen molar-refractivity contribution in [3.63, 3.8) is 0 Å². The third-order valence-electron chi connectivity index (χ3n) is 6.88. The van der Waals surface area contributed by atoms with Crippen LogP contribution in [0, 0.1) is 0 Å². The van der Waals surface area contributed by atoms with Crippen LogP contribution in [0.3, 0.4) is 0 Å². The quantitative estimate of drug-likeness (QED) is 0.308. The van der Waals surface area contributed by atoms with Gasteiger partial charge in [-0.25, -0.2) is 4.79 Å². The summed E-state index contributed by atoms with van der Waals surface area (Å²) in [5.74, 6) is 0.174. The third-order valence-corrected chi connectivity index (χ3v) is 6.88. The van der Waals surface area contributed by atoms with Gasteiger partial charge in [-0.1, -0.05) is 45.0 Å². The lowest BCUT2D eigenvalue weighted by atomic mass is 9.85. The fraction of sp³-hybridized carbons (Fsp3) is 0.258. The van der Waals surface area contributed by atoms with E-state index in [2.05, 4.69) is 55.2 Å². The van der Waals surface area contributed by atoms with Crippen molar-refractivity contribution in [3.05, 3.63) is 101 Å². The summed E-state index contributed by atoms with van der Waals surface area (Å²) in [4.78, 5) is 27.8. The van der Waals surface area contributed by atoms with E-state index in [0.29, 0.717) is 29.2 Å². The van der Waals surface area contributed by atoms with E-state index in [4.69, 9.17) is 9.47 Å². The second kappa shape index (κ2) is 9.82. The van der Waals surface area contributed by atoms with Crippen LogP contribution in [-0.2, 0) is 10.2 Å². The van der Waals surface area contributed by atoms with Gasteiger partial charge in [-0.3, -0.25) is 14.8 Å². The highest BCUT2D eigenvalue weighted by molar-refractivity contribution is 6.12. The topological polar surface area (TPSA) is 84.5 Å². The number of hydrogen-bond donors (Lipinski definition) is 1. The molecule has 0 bridgehead atoms. The molecule has 1 unspecified atom stereocenters. The highest BCUT2D eigenvalue weighted by Crippen LogP contribution is 2.45. The second-order valence-electron chi connectivity index (χ2n) is 10.3. The molecule has 2 heterocycles. The van der Waals surface area contributed by atoms with Crippen LogP contribution in [0.4, 0.5) is 5.69 Å². The molecule has 5 rings (SSSR count). The number of carbonyl (C=O) groups is 2. The lowest BCUT2D eigenvalue weighted by Gasteiger charge is -2.27. The molecule has 1 aliphatic rings. The molecule has 4 aromatic rings. The number of ether oxygens (including phenoxy) is 2. The number of benzene rings is 3. The molecular formula is C31H31N3O4. The zero-order valence-electron chi connectivity index (χ0n) is 22.2. The van der Waals surface area contributed by atoms with Crippen LogP contribution >= 0.6 is 0 Å². The summed E-state index contributed by atoms with van der Waals surface area (Å²) in [5.41, 5.74) is 6.16. The maximum atomic E-state index is 13.8. The molecule has 1 atom stereocenters. The van der Waals surface area contributed by atoms with Crippen LogP contribution in [0.25, 0.3) is 11.3 Å². The van der Waals surface area contributed by atoms with Crippen LogP contribution < -0.4 is 9.64 Å². The van der Waals surface area contributed by atoms with E-state index >= 15 is 0 Å². The van der Waals surface area contributed by atoms with Crippen LogP contribution in [-0.4, -0.2) is 35.8 Å². The smallest absolute Gasteiger partial charge is 0.338 e. The monoisotopic (exact) mass is 509 g/mol. The normalized spacial score (nSPS) is 14.9. The number of methoxy groups -OCH3 is 1. The fourth-order valence-corrected chi connectivity index (χ4v) is 4.84. The van der Waals surface area contributed by atoms with Gasteiger partial charge >= 0.3 is 5.97 Å². The van der Waals surface area contributed by atoms with Crippen molar-refractivity contribution in [3.8, 4) is 17.0 Å². The molecule has 7 nitrogen and oxygen atoms in total. The Morgan fingerprint density at radius 1 is 0.974 bits per heavy atom. The SMILES string of the molecule is CCOC(=O)c1ccc(N2C(=O)c3[nH]nc(-c4ccc(OC)cc4)c3C2c2ccc(C(C)(C)C)cc2)cc1. The minimum atomic E-state index is -0.407. The zero-order chi connectivity index (χ0) is 27.0. The molecule has 3 aromatic carbocycles. The number of anilines is 1. The molecule has 38 heavy (non-hydrogen) atoms. The summed E-state index contributed by atoms with van der Waals surface area (Å²) >= 11 is 0. The molecule has 1 aliphatic heterocycles. The maximum Gasteiger partial charge on any atom is 0.338 e. The third kappa shape index (κ3) is 4.45. The van der Waals surface area contributed by atoms with Crippen molar-refractivity contribution in [2.75, 3.05) is 18.6 Å². The van der Waals surface area contributed by atoms with Crippen molar-refractivity contribution in [2.24, 2.45) is 0 Å². The van der Waals surface area contributed by atoms with Crippen LogP contribution in [0.1, 0.15) is 71.3 Å². The van der Waals surface area contributed by atoms with Crippen molar-refractivity contribution >= 4 is 17.6 Å². The number of esters is 1. The van der Waals surface area contributed by atoms with Crippen molar-refractivity contribution in [1.82, 2.24) is 10.2 Å². The van der Waals surface area contributed by atoms with E-state index < -0.39 is 12.0 Å². The molecule has 1 amide bonds. The summed E-state index contributed by atoms with van der Waals surface area (Å²) in [5, 5.41) is 7.56. The number of aromatic amines is 1. The first kappa shape index (κ1) is 25.3. The molecule has 0 aliphatic carbocycles. The number of nitrogens with zero attached hydrogens (tertiary/aromatic N) is 2. The number of H-pyrrole nitrogens is 1. The molecule has 0 radical (unpaired) electrons. The zero-order valence-corrected chi connectivity index (χ0v) is 22.2. The van der Waals surface area contributed by atoms with E-state index in [1.54, 1.807) is 43.2 Å². The molecule has 194 valence electrons. The van der Waals surface area contributed by atoms with Gasteiger partial charge in [0, 0.05) is 16.8 Å².